The Balaban J connectivity index is 1.80. The van der Waals surface area contributed by atoms with Crippen molar-refractivity contribution in [2.24, 2.45) is 0 Å². The summed E-state index contributed by atoms with van der Waals surface area (Å²) >= 11 is 1.65. The molecule has 5 heteroatoms. The van der Waals surface area contributed by atoms with Gasteiger partial charge in [0.2, 0.25) is 5.91 Å². The number of hydrogen-bond donors (Lipinski definition) is 1. The first-order chi connectivity index (χ1) is 9.70. The highest BCUT2D eigenvalue weighted by Gasteiger charge is 2.21. The van der Waals surface area contributed by atoms with E-state index >= 15 is 0 Å². The number of carbonyl (C=O) groups excluding carboxylic acids is 1. The van der Waals surface area contributed by atoms with Crippen LogP contribution >= 0.6 is 11.3 Å². The van der Waals surface area contributed by atoms with Crippen molar-refractivity contribution in [2.45, 2.75) is 25.9 Å². The van der Waals surface area contributed by atoms with Crippen LogP contribution < -0.4 is 0 Å². The van der Waals surface area contributed by atoms with Crippen molar-refractivity contribution in [3.05, 3.63) is 28.0 Å². The first kappa shape index (κ1) is 15.2. The Bertz CT molecular complexity index is 461. The molecule has 0 aliphatic carbocycles. The number of aliphatic hydroxyl groups excluding tert-OH is 1. The summed E-state index contributed by atoms with van der Waals surface area (Å²) in [7, 11) is 0. The SMILES string of the molecule is Cc1ccsc1/C=C/C(=O)N1CCC(OCCO)CC1. The number of piperidine rings is 1. The summed E-state index contributed by atoms with van der Waals surface area (Å²) < 4.78 is 5.49. The quantitative estimate of drug-likeness (QED) is 0.846. The molecule has 20 heavy (non-hydrogen) atoms. The van der Waals surface area contributed by atoms with Gasteiger partial charge in [-0.2, -0.15) is 0 Å². The molecule has 0 spiro atoms. The van der Waals surface area contributed by atoms with E-state index in [1.807, 2.05) is 23.3 Å². The number of ether oxygens (including phenoxy) is 1. The maximum Gasteiger partial charge on any atom is 0.246 e. The van der Waals surface area contributed by atoms with Crippen LogP contribution in [0.4, 0.5) is 0 Å². The van der Waals surface area contributed by atoms with E-state index in [-0.39, 0.29) is 18.6 Å². The number of aliphatic hydroxyl groups is 1. The molecule has 0 bridgehead atoms. The number of amides is 1. The Morgan fingerprint density at radius 2 is 2.30 bits per heavy atom. The average Bonchev–Trinajstić information content (AvgIpc) is 2.88. The van der Waals surface area contributed by atoms with Gasteiger partial charge in [0.15, 0.2) is 0 Å². The van der Waals surface area contributed by atoms with Gasteiger partial charge in [-0.15, -0.1) is 11.3 Å². The summed E-state index contributed by atoms with van der Waals surface area (Å²) in [6.07, 6.45) is 5.43. The second kappa shape index (κ2) is 7.57. The minimum atomic E-state index is 0.0576. The van der Waals surface area contributed by atoms with Crippen LogP contribution in [0, 0.1) is 6.92 Å². The molecule has 0 unspecified atom stereocenters. The normalized spacial score (nSPS) is 17.0. The summed E-state index contributed by atoms with van der Waals surface area (Å²) in [5.41, 5.74) is 1.20. The second-order valence-electron chi connectivity index (χ2n) is 4.92. The molecular weight excluding hydrogens is 274 g/mol. The molecular formula is C15H21NO3S. The number of thiophene rings is 1. The van der Waals surface area contributed by atoms with E-state index in [1.165, 1.54) is 5.56 Å². The number of likely N-dealkylation sites (tertiary alicyclic amines) is 1. The Labute approximate surface area is 123 Å². The smallest absolute Gasteiger partial charge is 0.246 e. The van der Waals surface area contributed by atoms with Crippen LogP contribution in [0.1, 0.15) is 23.3 Å². The fourth-order valence-electron chi connectivity index (χ4n) is 2.27. The van der Waals surface area contributed by atoms with Gasteiger partial charge in [-0.25, -0.2) is 0 Å². The molecule has 1 aromatic heterocycles. The van der Waals surface area contributed by atoms with E-state index < -0.39 is 0 Å². The third-order valence-electron chi connectivity index (χ3n) is 3.48. The van der Waals surface area contributed by atoms with Crippen molar-refractivity contribution in [1.29, 1.82) is 0 Å². The van der Waals surface area contributed by atoms with Gasteiger partial charge in [0, 0.05) is 24.0 Å². The van der Waals surface area contributed by atoms with Gasteiger partial charge < -0.3 is 14.7 Å². The molecule has 1 amide bonds. The minimum Gasteiger partial charge on any atom is -0.394 e. The zero-order valence-electron chi connectivity index (χ0n) is 11.7. The van der Waals surface area contributed by atoms with Gasteiger partial charge in [0.1, 0.15) is 0 Å². The standard InChI is InChI=1S/C15H21NO3S/c1-12-6-11-20-14(12)2-3-15(18)16-7-4-13(5-8-16)19-10-9-17/h2-3,6,11,13,17H,4-5,7-10H2,1H3/b3-2+. The van der Waals surface area contributed by atoms with Crippen molar-refractivity contribution in [3.8, 4) is 0 Å². The van der Waals surface area contributed by atoms with Gasteiger partial charge in [-0.1, -0.05) is 0 Å². The number of aryl methyl sites for hydroxylation is 1. The van der Waals surface area contributed by atoms with E-state index in [0.29, 0.717) is 6.61 Å². The van der Waals surface area contributed by atoms with Crippen molar-refractivity contribution in [2.75, 3.05) is 26.3 Å². The highest BCUT2D eigenvalue weighted by atomic mass is 32.1. The molecule has 4 nitrogen and oxygen atoms in total. The zero-order chi connectivity index (χ0) is 14.4. The Morgan fingerprint density at radius 3 is 2.90 bits per heavy atom. The van der Waals surface area contributed by atoms with Crippen LogP contribution in [-0.2, 0) is 9.53 Å². The zero-order valence-corrected chi connectivity index (χ0v) is 12.6. The van der Waals surface area contributed by atoms with Gasteiger partial charge in [-0.05, 0) is 42.9 Å². The van der Waals surface area contributed by atoms with Crippen LogP contribution in [0.5, 0.6) is 0 Å². The van der Waals surface area contributed by atoms with Gasteiger partial charge >= 0.3 is 0 Å². The second-order valence-corrected chi connectivity index (χ2v) is 5.87. The first-order valence-electron chi connectivity index (χ1n) is 6.94. The van der Waals surface area contributed by atoms with E-state index in [9.17, 15) is 4.79 Å². The Kier molecular flexibility index (Phi) is 5.76. The van der Waals surface area contributed by atoms with Crippen LogP contribution in [0.15, 0.2) is 17.5 Å². The van der Waals surface area contributed by atoms with Crippen LogP contribution in [0.3, 0.4) is 0 Å². The van der Waals surface area contributed by atoms with Crippen molar-refractivity contribution in [3.63, 3.8) is 0 Å². The predicted molar refractivity (Wildman–Crippen MR) is 80.7 cm³/mol. The summed E-state index contributed by atoms with van der Waals surface area (Å²) in [5, 5.41) is 10.8. The van der Waals surface area contributed by atoms with Crippen molar-refractivity contribution in [1.82, 2.24) is 4.90 Å². The molecule has 1 saturated heterocycles. The molecule has 110 valence electrons. The Hall–Kier alpha value is -1.17. The average molecular weight is 295 g/mol. The Morgan fingerprint density at radius 1 is 1.55 bits per heavy atom. The fourth-order valence-corrected chi connectivity index (χ4v) is 3.09. The van der Waals surface area contributed by atoms with Crippen LogP contribution in [0.25, 0.3) is 6.08 Å². The highest BCUT2D eigenvalue weighted by molar-refractivity contribution is 7.11. The highest BCUT2D eigenvalue weighted by Crippen LogP contribution is 2.18. The lowest BCUT2D eigenvalue weighted by Gasteiger charge is -2.31. The van der Waals surface area contributed by atoms with Crippen LogP contribution in [-0.4, -0.2) is 48.3 Å². The molecule has 0 atom stereocenters. The van der Waals surface area contributed by atoms with Gasteiger partial charge in [0.05, 0.1) is 19.3 Å². The van der Waals surface area contributed by atoms with Crippen molar-refractivity contribution >= 4 is 23.3 Å². The molecule has 2 heterocycles. The lowest BCUT2D eigenvalue weighted by molar-refractivity contribution is -0.128. The lowest BCUT2D eigenvalue weighted by Crippen LogP contribution is -2.40. The van der Waals surface area contributed by atoms with Gasteiger partial charge in [-0.3, -0.25) is 4.79 Å². The molecule has 1 aromatic rings. The molecule has 0 radical (unpaired) electrons. The summed E-state index contributed by atoms with van der Waals surface area (Å²) in [6, 6.07) is 2.05. The predicted octanol–water partition coefficient (Wildman–Crippen LogP) is 2.07. The number of rotatable bonds is 5. The van der Waals surface area contributed by atoms with Gasteiger partial charge in [0.25, 0.3) is 0 Å². The third-order valence-corrected chi connectivity index (χ3v) is 4.46. The topological polar surface area (TPSA) is 49.8 Å². The number of nitrogens with zero attached hydrogens (tertiary/aromatic N) is 1. The van der Waals surface area contributed by atoms with Crippen LogP contribution in [0.2, 0.25) is 0 Å². The molecule has 1 aliphatic heterocycles. The summed E-state index contributed by atoms with van der Waals surface area (Å²) in [6.45, 7) is 3.94. The number of hydrogen-bond acceptors (Lipinski definition) is 4. The monoisotopic (exact) mass is 295 g/mol. The van der Waals surface area contributed by atoms with E-state index in [2.05, 4.69) is 6.07 Å². The van der Waals surface area contributed by atoms with E-state index in [1.54, 1.807) is 17.4 Å². The number of carbonyl (C=O) groups is 1. The molecule has 2 rings (SSSR count). The molecule has 0 saturated carbocycles. The third kappa shape index (κ3) is 4.16. The van der Waals surface area contributed by atoms with Crippen molar-refractivity contribution < 1.29 is 14.6 Å². The summed E-state index contributed by atoms with van der Waals surface area (Å²) in [5.74, 6) is 0.0680. The molecule has 1 N–H and O–H groups in total. The maximum absolute atomic E-state index is 12.1. The fraction of sp³-hybridized carbons (Fsp3) is 0.533. The van der Waals surface area contributed by atoms with E-state index in [0.717, 1.165) is 30.8 Å². The lowest BCUT2D eigenvalue weighted by atomic mass is 10.1. The molecule has 1 aliphatic rings. The summed E-state index contributed by atoms with van der Waals surface area (Å²) in [4.78, 5) is 15.1. The van der Waals surface area contributed by atoms with E-state index in [4.69, 9.17) is 9.84 Å². The minimum absolute atomic E-state index is 0.0576. The first-order valence-corrected chi connectivity index (χ1v) is 7.82. The molecule has 1 fully saturated rings. The molecule has 0 aromatic carbocycles. The largest absolute Gasteiger partial charge is 0.394 e. The maximum atomic E-state index is 12.1.